The number of nitrogens with zero attached hydrogens (tertiary/aromatic N) is 2. The Morgan fingerprint density at radius 2 is 2.26 bits per heavy atom. The third-order valence-electron chi connectivity index (χ3n) is 3.33. The Balaban J connectivity index is 1.73. The van der Waals surface area contributed by atoms with Crippen LogP contribution < -0.4 is 15.0 Å². The molecule has 7 heteroatoms. The van der Waals surface area contributed by atoms with Gasteiger partial charge in [-0.25, -0.2) is 4.98 Å². The standard InChI is InChI=1S/C16H15N3O3S/c1-22-12-5-2-4-11(8-12)18-14(20)9-19-13-6-3-7-17-16(13)23-10-15(19)21/h2-8H,9-10H2,1H3,(H,18,20). The lowest BCUT2D eigenvalue weighted by molar-refractivity contribution is -0.120. The number of benzene rings is 1. The number of hydrogen-bond acceptors (Lipinski definition) is 5. The van der Waals surface area contributed by atoms with Gasteiger partial charge in [0.25, 0.3) is 0 Å². The van der Waals surface area contributed by atoms with Crippen LogP contribution in [-0.4, -0.2) is 36.2 Å². The molecule has 0 fully saturated rings. The summed E-state index contributed by atoms with van der Waals surface area (Å²) in [7, 11) is 1.56. The first kappa shape index (κ1) is 15.4. The summed E-state index contributed by atoms with van der Waals surface area (Å²) in [5.41, 5.74) is 1.30. The van der Waals surface area contributed by atoms with E-state index in [-0.39, 0.29) is 24.1 Å². The zero-order valence-corrected chi connectivity index (χ0v) is 13.3. The number of ether oxygens (including phenoxy) is 1. The van der Waals surface area contributed by atoms with Crippen LogP contribution in [0.3, 0.4) is 0 Å². The second-order valence-electron chi connectivity index (χ2n) is 4.88. The number of rotatable bonds is 4. The molecule has 0 spiro atoms. The lowest BCUT2D eigenvalue weighted by Crippen LogP contribution is -2.41. The van der Waals surface area contributed by atoms with Crippen molar-refractivity contribution in [3.05, 3.63) is 42.6 Å². The third-order valence-corrected chi connectivity index (χ3v) is 4.31. The Hall–Kier alpha value is -2.54. The molecular formula is C16H15N3O3S. The van der Waals surface area contributed by atoms with Gasteiger partial charge < -0.3 is 10.1 Å². The van der Waals surface area contributed by atoms with E-state index >= 15 is 0 Å². The van der Waals surface area contributed by atoms with E-state index in [0.29, 0.717) is 17.1 Å². The van der Waals surface area contributed by atoms with Crippen molar-refractivity contribution in [3.63, 3.8) is 0 Å². The summed E-state index contributed by atoms with van der Waals surface area (Å²) >= 11 is 1.39. The van der Waals surface area contributed by atoms with E-state index in [9.17, 15) is 9.59 Å². The Bertz CT molecular complexity index is 751. The summed E-state index contributed by atoms with van der Waals surface area (Å²) in [4.78, 5) is 30.1. The summed E-state index contributed by atoms with van der Waals surface area (Å²) in [5.74, 6) is 0.573. The second-order valence-corrected chi connectivity index (χ2v) is 5.84. The van der Waals surface area contributed by atoms with Crippen molar-refractivity contribution in [1.29, 1.82) is 0 Å². The number of amides is 2. The summed E-state index contributed by atoms with van der Waals surface area (Å²) in [6.07, 6.45) is 1.68. The molecule has 0 atom stereocenters. The Morgan fingerprint density at radius 3 is 3.09 bits per heavy atom. The maximum Gasteiger partial charge on any atom is 0.244 e. The fourth-order valence-corrected chi connectivity index (χ4v) is 3.14. The predicted octanol–water partition coefficient (Wildman–Crippen LogP) is 2.17. The van der Waals surface area contributed by atoms with Gasteiger partial charge in [-0.1, -0.05) is 17.8 Å². The fraction of sp³-hybridized carbons (Fsp3) is 0.188. The van der Waals surface area contributed by atoms with Gasteiger partial charge >= 0.3 is 0 Å². The average molecular weight is 329 g/mol. The summed E-state index contributed by atoms with van der Waals surface area (Å²) < 4.78 is 5.12. The molecule has 1 aromatic carbocycles. The number of thioether (sulfide) groups is 1. The topological polar surface area (TPSA) is 71.5 Å². The number of methoxy groups -OCH3 is 1. The maximum atomic E-state index is 12.3. The Kier molecular flexibility index (Phi) is 4.47. The van der Waals surface area contributed by atoms with Gasteiger partial charge in [-0.2, -0.15) is 0 Å². The first-order valence-electron chi connectivity index (χ1n) is 6.99. The zero-order valence-electron chi connectivity index (χ0n) is 12.5. The van der Waals surface area contributed by atoms with Crippen LogP contribution in [-0.2, 0) is 9.59 Å². The van der Waals surface area contributed by atoms with Crippen molar-refractivity contribution in [2.75, 3.05) is 29.6 Å². The average Bonchev–Trinajstić information content (AvgIpc) is 2.57. The first-order valence-corrected chi connectivity index (χ1v) is 7.98. The highest BCUT2D eigenvalue weighted by molar-refractivity contribution is 8.00. The number of aromatic nitrogens is 1. The minimum absolute atomic E-state index is 0.0463. The summed E-state index contributed by atoms with van der Waals surface area (Å²) in [5, 5.41) is 3.54. The van der Waals surface area contributed by atoms with Crippen molar-refractivity contribution in [2.24, 2.45) is 0 Å². The fourth-order valence-electron chi connectivity index (χ4n) is 2.26. The molecule has 0 saturated heterocycles. The molecule has 0 aliphatic carbocycles. The molecule has 0 bridgehead atoms. The first-order chi connectivity index (χ1) is 11.2. The minimum Gasteiger partial charge on any atom is -0.497 e. The largest absolute Gasteiger partial charge is 0.497 e. The number of nitrogens with one attached hydrogen (secondary N) is 1. The number of carbonyl (C=O) groups excluding carboxylic acids is 2. The molecule has 1 N–H and O–H groups in total. The molecule has 1 aromatic heterocycles. The lowest BCUT2D eigenvalue weighted by atomic mass is 10.3. The molecule has 0 saturated carbocycles. The van der Waals surface area contributed by atoms with E-state index in [2.05, 4.69) is 10.3 Å². The smallest absolute Gasteiger partial charge is 0.244 e. The van der Waals surface area contributed by atoms with Crippen molar-refractivity contribution < 1.29 is 14.3 Å². The number of anilines is 2. The van der Waals surface area contributed by atoms with Crippen LogP contribution in [0, 0.1) is 0 Å². The molecule has 2 amide bonds. The Morgan fingerprint density at radius 1 is 1.39 bits per heavy atom. The predicted molar refractivity (Wildman–Crippen MR) is 88.9 cm³/mol. The van der Waals surface area contributed by atoms with Crippen LogP contribution in [0.2, 0.25) is 0 Å². The second kappa shape index (κ2) is 6.70. The highest BCUT2D eigenvalue weighted by Crippen LogP contribution is 2.32. The molecule has 6 nitrogen and oxygen atoms in total. The van der Waals surface area contributed by atoms with E-state index < -0.39 is 0 Å². The van der Waals surface area contributed by atoms with E-state index in [1.807, 2.05) is 0 Å². The third kappa shape index (κ3) is 3.45. The van der Waals surface area contributed by atoms with Crippen LogP contribution in [0.25, 0.3) is 0 Å². The molecule has 118 valence electrons. The lowest BCUT2D eigenvalue weighted by Gasteiger charge is -2.27. The van der Waals surface area contributed by atoms with E-state index in [0.717, 1.165) is 5.03 Å². The number of carbonyl (C=O) groups is 2. The molecule has 1 aliphatic heterocycles. The molecule has 23 heavy (non-hydrogen) atoms. The van der Waals surface area contributed by atoms with E-state index in [1.165, 1.54) is 16.7 Å². The summed E-state index contributed by atoms with van der Waals surface area (Å²) in [6, 6.07) is 10.6. The molecular weight excluding hydrogens is 314 g/mol. The van der Waals surface area contributed by atoms with Crippen LogP contribution in [0.5, 0.6) is 5.75 Å². The molecule has 2 heterocycles. The molecule has 2 aromatic rings. The SMILES string of the molecule is COc1cccc(NC(=O)CN2C(=O)CSc3ncccc32)c1. The van der Waals surface area contributed by atoms with Crippen molar-refractivity contribution >= 4 is 35.0 Å². The van der Waals surface area contributed by atoms with Gasteiger partial charge in [0.05, 0.1) is 18.6 Å². The molecule has 0 unspecified atom stereocenters. The van der Waals surface area contributed by atoms with Crippen LogP contribution in [0.15, 0.2) is 47.6 Å². The van der Waals surface area contributed by atoms with Crippen molar-refractivity contribution in [3.8, 4) is 5.75 Å². The van der Waals surface area contributed by atoms with Gasteiger partial charge in [-0.05, 0) is 24.3 Å². The van der Waals surface area contributed by atoms with Gasteiger partial charge in [0.2, 0.25) is 11.8 Å². The van der Waals surface area contributed by atoms with Gasteiger partial charge in [0.15, 0.2) is 0 Å². The molecule has 1 aliphatic rings. The van der Waals surface area contributed by atoms with Crippen LogP contribution >= 0.6 is 11.8 Å². The number of hydrogen-bond donors (Lipinski definition) is 1. The van der Waals surface area contributed by atoms with Gasteiger partial charge in [0, 0.05) is 18.0 Å². The normalized spacial score (nSPS) is 13.4. The number of pyridine rings is 1. The zero-order chi connectivity index (χ0) is 16.2. The van der Waals surface area contributed by atoms with E-state index in [4.69, 9.17) is 4.74 Å². The van der Waals surface area contributed by atoms with Crippen molar-refractivity contribution in [2.45, 2.75) is 5.03 Å². The van der Waals surface area contributed by atoms with Crippen LogP contribution in [0.1, 0.15) is 0 Å². The van der Waals surface area contributed by atoms with E-state index in [1.54, 1.807) is 49.7 Å². The quantitative estimate of drug-likeness (QED) is 0.931. The Labute approximate surface area is 137 Å². The van der Waals surface area contributed by atoms with Gasteiger partial charge in [0.1, 0.15) is 17.3 Å². The molecule has 0 radical (unpaired) electrons. The highest BCUT2D eigenvalue weighted by Gasteiger charge is 2.27. The highest BCUT2D eigenvalue weighted by atomic mass is 32.2. The number of fused-ring (bicyclic) bond motifs is 1. The maximum absolute atomic E-state index is 12.3. The summed E-state index contributed by atoms with van der Waals surface area (Å²) in [6.45, 7) is -0.0463. The molecule has 3 rings (SSSR count). The van der Waals surface area contributed by atoms with Gasteiger partial charge in [-0.15, -0.1) is 0 Å². The monoisotopic (exact) mass is 329 g/mol. The minimum atomic E-state index is -0.270. The van der Waals surface area contributed by atoms with Gasteiger partial charge in [-0.3, -0.25) is 14.5 Å². The van der Waals surface area contributed by atoms with Crippen molar-refractivity contribution in [1.82, 2.24) is 4.98 Å². The van der Waals surface area contributed by atoms with Crippen LogP contribution in [0.4, 0.5) is 11.4 Å².